The highest BCUT2D eigenvalue weighted by atomic mass is 16.5. The van der Waals surface area contributed by atoms with Crippen LogP contribution in [0.25, 0.3) is 0 Å². The van der Waals surface area contributed by atoms with Gasteiger partial charge in [-0.25, -0.2) is 0 Å². The second kappa shape index (κ2) is 39.4. The monoisotopic (exact) mass is 633 g/mol. The Bertz CT molecular complexity index is 582. The van der Waals surface area contributed by atoms with Crippen molar-refractivity contribution in [2.75, 3.05) is 6.61 Å². The first-order valence-electron chi connectivity index (χ1n) is 21.0. The average molecular weight is 633 g/mol. The molecule has 0 aromatic rings. The minimum atomic E-state index is 0.0184. The van der Waals surface area contributed by atoms with Crippen LogP contribution < -0.4 is 0 Å². The van der Waals surface area contributed by atoms with E-state index in [1.807, 2.05) is 0 Å². The first-order valence-corrected chi connectivity index (χ1v) is 21.0. The number of ether oxygens (including phenoxy) is 1. The summed E-state index contributed by atoms with van der Waals surface area (Å²) in [7, 11) is 0. The summed E-state index contributed by atoms with van der Waals surface area (Å²) in [6.45, 7) is 7.61. The molecule has 0 saturated carbocycles. The van der Waals surface area contributed by atoms with Gasteiger partial charge in [-0.05, 0) is 44.4 Å². The Kier molecular flexibility index (Phi) is 38.7. The van der Waals surface area contributed by atoms with Crippen molar-refractivity contribution >= 4 is 5.97 Å². The van der Waals surface area contributed by atoms with E-state index in [0.717, 1.165) is 25.2 Å². The lowest BCUT2D eigenvalue weighted by Gasteiger charge is -2.07. The molecule has 0 spiro atoms. The van der Waals surface area contributed by atoms with E-state index in [0.29, 0.717) is 13.0 Å². The van der Waals surface area contributed by atoms with Crippen LogP contribution in [-0.2, 0) is 9.53 Å². The molecule has 0 aliphatic heterocycles. The van der Waals surface area contributed by atoms with Crippen molar-refractivity contribution in [3.8, 4) is 0 Å². The van der Waals surface area contributed by atoms with E-state index >= 15 is 0 Å². The zero-order chi connectivity index (χ0) is 32.7. The average Bonchev–Trinajstić information content (AvgIpc) is 3.05. The molecule has 268 valence electrons. The predicted molar refractivity (Wildman–Crippen MR) is 202 cm³/mol. The maximum atomic E-state index is 11.9. The molecule has 0 radical (unpaired) electrons. The molecule has 0 rings (SSSR count). The van der Waals surface area contributed by atoms with Gasteiger partial charge in [0.1, 0.15) is 0 Å². The third-order valence-electron chi connectivity index (χ3n) is 9.94. The molecule has 0 aromatic carbocycles. The Morgan fingerprint density at radius 3 is 1.24 bits per heavy atom. The van der Waals surface area contributed by atoms with Crippen molar-refractivity contribution < 1.29 is 9.53 Å². The van der Waals surface area contributed by atoms with Crippen LogP contribution in [-0.4, -0.2) is 12.6 Å². The molecule has 45 heavy (non-hydrogen) atoms. The Labute approximate surface area is 285 Å². The zero-order valence-electron chi connectivity index (χ0n) is 31.5. The van der Waals surface area contributed by atoms with Crippen LogP contribution in [0, 0.1) is 5.92 Å². The quantitative estimate of drug-likeness (QED) is 0.0384. The van der Waals surface area contributed by atoms with E-state index in [-0.39, 0.29) is 5.97 Å². The molecule has 1 atom stereocenters. The van der Waals surface area contributed by atoms with Gasteiger partial charge >= 0.3 is 5.97 Å². The lowest BCUT2D eigenvalue weighted by molar-refractivity contribution is -0.143. The fourth-order valence-corrected chi connectivity index (χ4v) is 6.40. The molecule has 0 aromatic heterocycles. The van der Waals surface area contributed by atoms with Gasteiger partial charge in [0.15, 0.2) is 0 Å². The largest absolute Gasteiger partial charge is 0.466 e. The number of carbonyl (C=O) groups is 1. The van der Waals surface area contributed by atoms with Gasteiger partial charge in [0, 0.05) is 6.42 Å². The molecular formula is C43H84O2. The Balaban J connectivity index is 3.16. The number of unbranched alkanes of at least 4 members (excludes halogenated alkanes) is 29. The molecule has 0 N–H and O–H groups in total. The first kappa shape index (κ1) is 44.2. The van der Waals surface area contributed by atoms with Crippen molar-refractivity contribution in [3.63, 3.8) is 0 Å². The van der Waals surface area contributed by atoms with Gasteiger partial charge in [0.25, 0.3) is 0 Å². The van der Waals surface area contributed by atoms with Crippen molar-refractivity contribution in [1.29, 1.82) is 0 Å². The molecule has 0 aliphatic carbocycles. The van der Waals surface area contributed by atoms with Gasteiger partial charge in [-0.1, -0.05) is 213 Å². The number of rotatable bonds is 38. The van der Waals surface area contributed by atoms with Gasteiger partial charge < -0.3 is 4.74 Å². The summed E-state index contributed by atoms with van der Waals surface area (Å²) in [4.78, 5) is 11.9. The summed E-state index contributed by atoms with van der Waals surface area (Å²) >= 11 is 0. The molecule has 0 fully saturated rings. The zero-order valence-corrected chi connectivity index (χ0v) is 31.5. The highest BCUT2D eigenvalue weighted by Gasteiger charge is 2.03. The van der Waals surface area contributed by atoms with E-state index in [4.69, 9.17) is 4.74 Å². The molecule has 0 bridgehead atoms. The molecule has 0 saturated heterocycles. The number of carbonyl (C=O) groups excluding carboxylic acids is 1. The molecular weight excluding hydrogens is 548 g/mol. The number of hydrogen-bond acceptors (Lipinski definition) is 2. The van der Waals surface area contributed by atoms with Gasteiger partial charge in [-0.2, -0.15) is 0 Å². The minimum Gasteiger partial charge on any atom is -0.466 e. The number of allylic oxidation sites excluding steroid dienone is 2. The number of esters is 1. The van der Waals surface area contributed by atoms with E-state index in [9.17, 15) is 4.79 Å². The van der Waals surface area contributed by atoms with Gasteiger partial charge in [-0.3, -0.25) is 4.79 Å². The van der Waals surface area contributed by atoms with E-state index in [1.54, 1.807) is 0 Å². The maximum absolute atomic E-state index is 11.9. The Morgan fingerprint density at radius 2 is 0.822 bits per heavy atom. The summed E-state index contributed by atoms with van der Waals surface area (Å²) in [6, 6.07) is 0. The third kappa shape index (κ3) is 39.3. The standard InChI is InChI=1S/C43H84O2/c1-4-6-7-8-9-10-11-21-25-28-31-34-37-40-43(44)45-41-38-35-32-29-26-23-20-18-16-14-12-13-15-17-19-22-24-27-30-33-36-39-42(3)5-2/h10-11,42H,4-9,12-41H2,1-3H3/b11-10-. The van der Waals surface area contributed by atoms with E-state index in [2.05, 4.69) is 32.9 Å². The van der Waals surface area contributed by atoms with Crippen molar-refractivity contribution in [2.45, 2.75) is 245 Å². The minimum absolute atomic E-state index is 0.0184. The number of hydrogen-bond donors (Lipinski definition) is 0. The second-order valence-electron chi connectivity index (χ2n) is 14.6. The summed E-state index contributed by atoms with van der Waals surface area (Å²) in [5.74, 6) is 0.953. The molecule has 2 nitrogen and oxygen atoms in total. The lowest BCUT2D eigenvalue weighted by Crippen LogP contribution is -2.05. The maximum Gasteiger partial charge on any atom is 0.305 e. The van der Waals surface area contributed by atoms with E-state index in [1.165, 1.54) is 199 Å². The summed E-state index contributed by atoms with van der Waals surface area (Å²) in [6.07, 6.45) is 51.5. The summed E-state index contributed by atoms with van der Waals surface area (Å²) < 4.78 is 5.45. The van der Waals surface area contributed by atoms with Crippen LogP contribution >= 0.6 is 0 Å². The van der Waals surface area contributed by atoms with Crippen molar-refractivity contribution in [3.05, 3.63) is 12.2 Å². The third-order valence-corrected chi connectivity index (χ3v) is 9.94. The van der Waals surface area contributed by atoms with Gasteiger partial charge in [0.05, 0.1) is 6.61 Å². The van der Waals surface area contributed by atoms with Crippen LogP contribution in [0.2, 0.25) is 0 Å². The van der Waals surface area contributed by atoms with Crippen molar-refractivity contribution in [1.82, 2.24) is 0 Å². The highest BCUT2D eigenvalue weighted by Crippen LogP contribution is 2.17. The molecule has 0 aliphatic rings. The van der Waals surface area contributed by atoms with Crippen LogP contribution in [0.4, 0.5) is 0 Å². The summed E-state index contributed by atoms with van der Waals surface area (Å²) in [5, 5.41) is 0. The van der Waals surface area contributed by atoms with Crippen LogP contribution in [0.5, 0.6) is 0 Å². The van der Waals surface area contributed by atoms with E-state index < -0.39 is 0 Å². The Morgan fingerprint density at radius 1 is 0.467 bits per heavy atom. The topological polar surface area (TPSA) is 26.3 Å². The Hall–Kier alpha value is -0.790. The molecule has 0 heterocycles. The lowest BCUT2D eigenvalue weighted by atomic mass is 9.99. The smallest absolute Gasteiger partial charge is 0.305 e. The first-order chi connectivity index (χ1) is 22.2. The van der Waals surface area contributed by atoms with Crippen molar-refractivity contribution in [2.24, 2.45) is 5.92 Å². The normalized spacial score (nSPS) is 12.3. The fraction of sp³-hybridized carbons (Fsp3) is 0.930. The fourth-order valence-electron chi connectivity index (χ4n) is 6.40. The van der Waals surface area contributed by atoms with Gasteiger partial charge in [0.2, 0.25) is 0 Å². The van der Waals surface area contributed by atoms with Crippen LogP contribution in [0.15, 0.2) is 12.2 Å². The molecule has 1 unspecified atom stereocenters. The SMILES string of the molecule is CCCCCC/C=C\CCCCCCCC(=O)OCCCCCCCCCCCCCCCCCCCCCCCC(C)CC. The van der Waals surface area contributed by atoms with Crippen LogP contribution in [0.1, 0.15) is 245 Å². The highest BCUT2D eigenvalue weighted by molar-refractivity contribution is 5.69. The van der Waals surface area contributed by atoms with Crippen LogP contribution in [0.3, 0.4) is 0 Å². The molecule has 0 amide bonds. The van der Waals surface area contributed by atoms with Gasteiger partial charge in [-0.15, -0.1) is 0 Å². The second-order valence-corrected chi connectivity index (χ2v) is 14.6. The predicted octanol–water partition coefficient (Wildman–Crippen LogP) is 15.4. The summed E-state index contributed by atoms with van der Waals surface area (Å²) in [5.41, 5.74) is 0. The molecule has 2 heteroatoms.